The first-order valence-electron chi connectivity index (χ1n) is 8.91. The van der Waals surface area contributed by atoms with Crippen molar-refractivity contribution in [3.63, 3.8) is 0 Å². The second kappa shape index (κ2) is 8.01. The van der Waals surface area contributed by atoms with Crippen LogP contribution in [0.5, 0.6) is 5.75 Å². The molecular formula is C20H31N3O2S. The van der Waals surface area contributed by atoms with Gasteiger partial charge in [-0.1, -0.05) is 65.4 Å². The summed E-state index contributed by atoms with van der Waals surface area (Å²) < 4.78 is 7.82. The van der Waals surface area contributed by atoms with E-state index in [0.29, 0.717) is 5.75 Å². The molecule has 1 unspecified atom stereocenters. The van der Waals surface area contributed by atoms with Gasteiger partial charge in [0.2, 0.25) is 0 Å². The summed E-state index contributed by atoms with van der Waals surface area (Å²) in [5.41, 5.74) is 2.51. The van der Waals surface area contributed by atoms with Crippen LogP contribution in [0.25, 0.3) is 0 Å². The van der Waals surface area contributed by atoms with Crippen LogP contribution in [0.2, 0.25) is 0 Å². The first-order chi connectivity index (χ1) is 12.0. The Morgan fingerprint density at radius 2 is 1.85 bits per heavy atom. The molecule has 144 valence electrons. The maximum absolute atomic E-state index is 10.3. The predicted molar refractivity (Wildman–Crippen MR) is 107 cm³/mol. The molecule has 1 atom stereocenters. The Balaban J connectivity index is 2.05. The third-order valence-electron chi connectivity index (χ3n) is 4.16. The van der Waals surface area contributed by atoms with Gasteiger partial charge in [-0.15, -0.1) is 10.2 Å². The van der Waals surface area contributed by atoms with Crippen LogP contribution in [0, 0.1) is 0 Å². The van der Waals surface area contributed by atoms with Crippen LogP contribution in [0.1, 0.15) is 52.7 Å². The number of benzene rings is 1. The summed E-state index contributed by atoms with van der Waals surface area (Å²) in [6, 6.07) is 6.38. The molecule has 1 N–H and O–H groups in total. The van der Waals surface area contributed by atoms with E-state index >= 15 is 0 Å². The number of hydrogen-bond donors (Lipinski definition) is 1. The fraction of sp³-hybridized carbons (Fsp3) is 0.600. The molecule has 0 radical (unpaired) electrons. The fourth-order valence-electron chi connectivity index (χ4n) is 2.52. The molecule has 0 saturated heterocycles. The Hall–Kier alpha value is -1.53. The minimum absolute atomic E-state index is 0.0328. The van der Waals surface area contributed by atoms with Crippen LogP contribution in [0.15, 0.2) is 29.7 Å². The number of aliphatic hydroxyl groups excluding tert-OH is 1. The van der Waals surface area contributed by atoms with Gasteiger partial charge in [0.1, 0.15) is 18.7 Å². The van der Waals surface area contributed by atoms with Gasteiger partial charge in [0, 0.05) is 12.8 Å². The number of thioether (sulfide) groups is 1. The van der Waals surface area contributed by atoms with Crippen molar-refractivity contribution in [3.8, 4) is 5.75 Å². The molecule has 0 bridgehead atoms. The van der Waals surface area contributed by atoms with Gasteiger partial charge in [-0.05, 0) is 28.0 Å². The summed E-state index contributed by atoms with van der Waals surface area (Å²) in [7, 11) is 1.89. The first-order valence-corrected chi connectivity index (χ1v) is 9.89. The summed E-state index contributed by atoms with van der Waals surface area (Å²) >= 11 is 1.47. The smallest absolute Gasteiger partial charge is 0.190 e. The maximum Gasteiger partial charge on any atom is 0.190 e. The number of nitrogens with zero attached hydrogens (tertiary/aromatic N) is 3. The van der Waals surface area contributed by atoms with Gasteiger partial charge in [0.25, 0.3) is 0 Å². The lowest BCUT2D eigenvalue weighted by Crippen LogP contribution is -2.23. The molecular weight excluding hydrogens is 346 g/mol. The molecule has 0 fully saturated rings. The van der Waals surface area contributed by atoms with Gasteiger partial charge in [-0.3, -0.25) is 0 Å². The molecule has 26 heavy (non-hydrogen) atoms. The molecule has 0 spiro atoms. The molecule has 1 aromatic carbocycles. The Morgan fingerprint density at radius 3 is 2.38 bits per heavy atom. The average Bonchev–Trinajstić information content (AvgIpc) is 2.94. The molecule has 1 heterocycles. The zero-order chi connectivity index (χ0) is 19.5. The van der Waals surface area contributed by atoms with Crippen molar-refractivity contribution in [2.75, 3.05) is 12.4 Å². The Labute approximate surface area is 161 Å². The fourth-order valence-corrected chi connectivity index (χ4v) is 3.31. The SMILES string of the molecule is Cn1cnnc1SCC(O)COc1ccc(C(C)(C)C)cc1C(C)(C)C. The van der Waals surface area contributed by atoms with Crippen LogP contribution >= 0.6 is 11.8 Å². The van der Waals surface area contributed by atoms with E-state index < -0.39 is 6.10 Å². The average molecular weight is 378 g/mol. The molecule has 0 saturated carbocycles. The lowest BCUT2D eigenvalue weighted by atomic mass is 9.80. The highest BCUT2D eigenvalue weighted by molar-refractivity contribution is 7.99. The molecule has 0 aliphatic rings. The Morgan fingerprint density at radius 1 is 1.15 bits per heavy atom. The minimum atomic E-state index is -0.577. The van der Waals surface area contributed by atoms with E-state index in [1.807, 2.05) is 17.7 Å². The summed E-state index contributed by atoms with van der Waals surface area (Å²) in [5, 5.41) is 18.9. The number of hydrogen-bond acceptors (Lipinski definition) is 5. The molecule has 5 nitrogen and oxygen atoms in total. The first kappa shape index (κ1) is 20.8. The van der Waals surface area contributed by atoms with Crippen molar-refractivity contribution in [2.45, 2.75) is 63.6 Å². The van der Waals surface area contributed by atoms with Crippen molar-refractivity contribution in [1.29, 1.82) is 0 Å². The minimum Gasteiger partial charge on any atom is -0.491 e. The summed E-state index contributed by atoms with van der Waals surface area (Å²) in [5.74, 6) is 1.35. The molecule has 0 amide bonds. The van der Waals surface area contributed by atoms with Crippen LogP contribution in [-0.4, -0.2) is 38.3 Å². The Kier molecular flexibility index (Phi) is 6.40. The summed E-state index contributed by atoms with van der Waals surface area (Å²) in [4.78, 5) is 0. The number of ether oxygens (including phenoxy) is 1. The van der Waals surface area contributed by atoms with Crippen LogP contribution < -0.4 is 4.74 Å². The monoisotopic (exact) mass is 377 g/mol. The predicted octanol–water partition coefficient (Wildman–Crippen LogP) is 3.94. The molecule has 2 rings (SSSR count). The third kappa shape index (κ3) is 5.48. The van der Waals surface area contributed by atoms with Crippen molar-refractivity contribution in [2.24, 2.45) is 7.05 Å². The van der Waals surface area contributed by atoms with E-state index in [0.717, 1.165) is 16.5 Å². The molecule has 0 aliphatic carbocycles. The lowest BCUT2D eigenvalue weighted by molar-refractivity contribution is 0.125. The van der Waals surface area contributed by atoms with Gasteiger partial charge in [-0.2, -0.15) is 0 Å². The Bertz CT molecular complexity index is 729. The van der Waals surface area contributed by atoms with Crippen molar-refractivity contribution >= 4 is 11.8 Å². The van der Waals surface area contributed by atoms with E-state index in [1.165, 1.54) is 17.3 Å². The zero-order valence-electron chi connectivity index (χ0n) is 16.9. The van der Waals surface area contributed by atoms with Crippen LogP contribution in [0.4, 0.5) is 0 Å². The van der Waals surface area contributed by atoms with Crippen LogP contribution in [0.3, 0.4) is 0 Å². The zero-order valence-corrected chi connectivity index (χ0v) is 17.7. The van der Waals surface area contributed by atoms with Crippen molar-refractivity contribution < 1.29 is 9.84 Å². The normalized spacial score (nSPS) is 13.7. The lowest BCUT2D eigenvalue weighted by Gasteiger charge is -2.27. The highest BCUT2D eigenvalue weighted by Gasteiger charge is 2.23. The second-order valence-electron chi connectivity index (χ2n) is 8.71. The van der Waals surface area contributed by atoms with E-state index in [4.69, 9.17) is 4.74 Å². The third-order valence-corrected chi connectivity index (χ3v) is 5.34. The number of aromatic nitrogens is 3. The standard InChI is InChI=1S/C20H31N3O2S/c1-19(2,3)14-8-9-17(16(10-14)20(4,5)6)25-11-15(24)12-26-18-22-21-13-23(18)7/h8-10,13,15,24H,11-12H2,1-7H3. The number of aryl methyl sites for hydroxylation is 1. The van der Waals surface area contributed by atoms with E-state index in [-0.39, 0.29) is 17.4 Å². The molecule has 0 aliphatic heterocycles. The van der Waals surface area contributed by atoms with E-state index in [2.05, 4.69) is 63.9 Å². The quantitative estimate of drug-likeness (QED) is 0.773. The highest BCUT2D eigenvalue weighted by atomic mass is 32.2. The van der Waals surface area contributed by atoms with Gasteiger partial charge in [-0.25, -0.2) is 0 Å². The maximum atomic E-state index is 10.3. The van der Waals surface area contributed by atoms with Gasteiger partial charge in [0.05, 0.1) is 6.10 Å². The largest absolute Gasteiger partial charge is 0.491 e. The van der Waals surface area contributed by atoms with E-state index in [9.17, 15) is 5.11 Å². The molecule has 2 aromatic rings. The summed E-state index contributed by atoms with van der Waals surface area (Å²) in [6.45, 7) is 13.4. The highest BCUT2D eigenvalue weighted by Crippen LogP contribution is 2.35. The van der Waals surface area contributed by atoms with Crippen molar-refractivity contribution in [1.82, 2.24) is 14.8 Å². The van der Waals surface area contributed by atoms with E-state index in [1.54, 1.807) is 6.33 Å². The van der Waals surface area contributed by atoms with Crippen molar-refractivity contribution in [3.05, 3.63) is 35.7 Å². The topological polar surface area (TPSA) is 60.2 Å². The molecule has 6 heteroatoms. The molecule has 1 aromatic heterocycles. The van der Waals surface area contributed by atoms with Gasteiger partial charge in [0.15, 0.2) is 5.16 Å². The van der Waals surface area contributed by atoms with Gasteiger partial charge < -0.3 is 14.4 Å². The number of rotatable bonds is 6. The number of aliphatic hydroxyl groups is 1. The summed E-state index contributed by atoms with van der Waals surface area (Å²) in [6.07, 6.45) is 1.07. The second-order valence-corrected chi connectivity index (χ2v) is 9.70. The van der Waals surface area contributed by atoms with Crippen LogP contribution in [-0.2, 0) is 17.9 Å². The van der Waals surface area contributed by atoms with Gasteiger partial charge >= 0.3 is 0 Å².